The van der Waals surface area contributed by atoms with Gasteiger partial charge in [-0.15, -0.1) is 0 Å². The highest BCUT2D eigenvalue weighted by Gasteiger charge is 2.31. The first-order valence-electron chi connectivity index (χ1n) is 10.5. The fourth-order valence-electron chi connectivity index (χ4n) is 4.39. The maximum Gasteiger partial charge on any atom is 0.213 e. The first kappa shape index (κ1) is 19.2. The van der Waals surface area contributed by atoms with Gasteiger partial charge in [-0.2, -0.15) is 0 Å². The lowest BCUT2D eigenvalue weighted by Gasteiger charge is -2.26. The lowest BCUT2D eigenvalue weighted by Crippen LogP contribution is -2.38. The van der Waals surface area contributed by atoms with Gasteiger partial charge in [0.2, 0.25) is 5.88 Å². The van der Waals surface area contributed by atoms with Crippen molar-refractivity contribution >= 4 is 33.4 Å². The van der Waals surface area contributed by atoms with Crippen LogP contribution < -0.4 is 4.74 Å². The number of aromatic nitrogens is 1. The number of hydrogen-bond acceptors (Lipinski definition) is 7. The summed E-state index contributed by atoms with van der Waals surface area (Å²) in [6, 6.07) is 7.63. The van der Waals surface area contributed by atoms with Gasteiger partial charge in [0, 0.05) is 54.4 Å². The minimum atomic E-state index is -0.293. The number of Topliss-reactive ketones (excluding diaryl/α,β-unsaturated/α-hetero) is 2. The highest BCUT2D eigenvalue weighted by molar-refractivity contribution is 6.10. The fourth-order valence-corrected chi connectivity index (χ4v) is 4.39. The van der Waals surface area contributed by atoms with Crippen LogP contribution in [-0.4, -0.2) is 60.9 Å². The summed E-state index contributed by atoms with van der Waals surface area (Å²) in [5.41, 5.74) is 2.38. The van der Waals surface area contributed by atoms with Crippen molar-refractivity contribution in [3.8, 4) is 5.88 Å². The minimum Gasteiger partial charge on any atom is -0.476 e. The Labute approximate surface area is 173 Å². The SMILES string of the molecule is O=C1CC[C@H](c2coc3ccc4nc(OCCN5CCOCC5)ccc4c23)C(=O)C1. The van der Waals surface area contributed by atoms with Gasteiger partial charge in [-0.25, -0.2) is 4.98 Å². The molecule has 30 heavy (non-hydrogen) atoms. The Balaban J connectivity index is 1.39. The highest BCUT2D eigenvalue weighted by Crippen LogP contribution is 2.38. The molecular formula is C23H24N2O5. The van der Waals surface area contributed by atoms with Gasteiger partial charge in [-0.3, -0.25) is 14.5 Å². The second kappa shape index (κ2) is 8.16. The number of carbonyl (C=O) groups is 2. The van der Waals surface area contributed by atoms with E-state index in [9.17, 15) is 9.59 Å². The number of ether oxygens (including phenoxy) is 2. The number of benzene rings is 1. The summed E-state index contributed by atoms with van der Waals surface area (Å²) in [5.74, 6) is 0.287. The molecule has 2 aromatic heterocycles. The topological polar surface area (TPSA) is 81.9 Å². The number of rotatable bonds is 5. The zero-order valence-electron chi connectivity index (χ0n) is 16.8. The molecule has 2 aliphatic rings. The quantitative estimate of drug-likeness (QED) is 0.600. The molecule has 2 fully saturated rings. The van der Waals surface area contributed by atoms with E-state index >= 15 is 0 Å². The smallest absolute Gasteiger partial charge is 0.213 e. The molecule has 1 atom stereocenters. The van der Waals surface area contributed by atoms with E-state index in [0.29, 0.717) is 25.3 Å². The lowest BCUT2D eigenvalue weighted by atomic mass is 9.82. The van der Waals surface area contributed by atoms with E-state index < -0.39 is 0 Å². The highest BCUT2D eigenvalue weighted by atomic mass is 16.5. The molecule has 3 heterocycles. The van der Waals surface area contributed by atoms with Crippen LogP contribution >= 0.6 is 0 Å². The molecule has 1 aromatic carbocycles. The van der Waals surface area contributed by atoms with Gasteiger partial charge in [-0.1, -0.05) is 0 Å². The minimum absolute atomic E-state index is 0.0154. The molecule has 7 nitrogen and oxygen atoms in total. The van der Waals surface area contributed by atoms with Crippen LogP contribution in [0, 0.1) is 0 Å². The zero-order chi connectivity index (χ0) is 20.5. The Hall–Kier alpha value is -2.77. The maximum atomic E-state index is 12.5. The molecule has 1 saturated heterocycles. The molecule has 1 aliphatic carbocycles. The van der Waals surface area contributed by atoms with Crippen molar-refractivity contribution in [1.29, 1.82) is 0 Å². The number of morpholine rings is 1. The zero-order valence-corrected chi connectivity index (χ0v) is 16.8. The summed E-state index contributed by atoms with van der Waals surface area (Å²) in [5, 5.41) is 1.84. The van der Waals surface area contributed by atoms with Crippen molar-refractivity contribution in [1.82, 2.24) is 9.88 Å². The molecule has 1 aliphatic heterocycles. The number of carbonyl (C=O) groups excluding carboxylic acids is 2. The average Bonchev–Trinajstić information content (AvgIpc) is 3.19. The average molecular weight is 408 g/mol. The van der Waals surface area contributed by atoms with E-state index in [4.69, 9.17) is 13.9 Å². The molecule has 0 amide bonds. The molecule has 0 radical (unpaired) electrons. The largest absolute Gasteiger partial charge is 0.476 e. The van der Waals surface area contributed by atoms with Gasteiger partial charge in [0.1, 0.15) is 23.8 Å². The third-order valence-corrected chi connectivity index (χ3v) is 6.02. The van der Waals surface area contributed by atoms with Crippen LogP contribution in [0.5, 0.6) is 5.88 Å². The summed E-state index contributed by atoms with van der Waals surface area (Å²) < 4.78 is 17.0. The van der Waals surface area contributed by atoms with Crippen LogP contribution in [0.15, 0.2) is 34.9 Å². The Morgan fingerprint density at radius 3 is 2.83 bits per heavy atom. The summed E-state index contributed by atoms with van der Waals surface area (Å²) in [7, 11) is 0. The fraction of sp³-hybridized carbons (Fsp3) is 0.435. The van der Waals surface area contributed by atoms with Gasteiger partial charge < -0.3 is 13.9 Å². The van der Waals surface area contributed by atoms with Crippen LogP contribution in [0.4, 0.5) is 0 Å². The van der Waals surface area contributed by atoms with Crippen molar-refractivity contribution in [3.05, 3.63) is 36.1 Å². The summed E-state index contributed by atoms with van der Waals surface area (Å²) in [6.45, 7) is 4.82. The predicted molar refractivity (Wildman–Crippen MR) is 111 cm³/mol. The van der Waals surface area contributed by atoms with Crippen LogP contribution in [0.25, 0.3) is 21.9 Å². The first-order valence-corrected chi connectivity index (χ1v) is 10.5. The van der Waals surface area contributed by atoms with E-state index in [1.165, 1.54) is 0 Å². The third kappa shape index (κ3) is 3.70. The van der Waals surface area contributed by atoms with E-state index in [1.54, 1.807) is 6.26 Å². The summed E-state index contributed by atoms with van der Waals surface area (Å²) in [4.78, 5) is 31.1. The van der Waals surface area contributed by atoms with Crippen molar-refractivity contribution < 1.29 is 23.5 Å². The second-order valence-corrected chi connectivity index (χ2v) is 7.92. The van der Waals surface area contributed by atoms with Gasteiger partial charge in [0.15, 0.2) is 0 Å². The second-order valence-electron chi connectivity index (χ2n) is 7.92. The summed E-state index contributed by atoms with van der Waals surface area (Å²) in [6.07, 6.45) is 2.66. The Kier molecular flexibility index (Phi) is 5.23. The lowest BCUT2D eigenvalue weighted by molar-refractivity contribution is -0.130. The van der Waals surface area contributed by atoms with Gasteiger partial charge in [0.05, 0.1) is 31.4 Å². The van der Waals surface area contributed by atoms with E-state index in [2.05, 4.69) is 9.88 Å². The Morgan fingerprint density at radius 1 is 1.13 bits per heavy atom. The first-order chi connectivity index (χ1) is 14.7. The standard InChI is InChI=1S/C23H24N2O5/c26-15-1-2-16(20(27)13-15)18-14-30-21-5-4-19-17(23(18)21)3-6-22(24-19)29-12-9-25-7-10-28-11-8-25/h3-6,14,16H,1-2,7-13H2/t16-/m1/s1. The third-order valence-electron chi connectivity index (χ3n) is 6.02. The molecule has 0 bridgehead atoms. The molecule has 7 heteroatoms. The Bertz CT molecular complexity index is 1100. The number of furan rings is 1. The number of hydrogen-bond donors (Lipinski definition) is 0. The van der Waals surface area contributed by atoms with Crippen molar-refractivity contribution in [3.63, 3.8) is 0 Å². The van der Waals surface area contributed by atoms with Gasteiger partial charge in [0.25, 0.3) is 0 Å². The number of pyridine rings is 1. The molecule has 0 unspecified atom stereocenters. The molecule has 156 valence electrons. The van der Waals surface area contributed by atoms with Crippen LogP contribution in [0.3, 0.4) is 0 Å². The van der Waals surface area contributed by atoms with E-state index in [0.717, 1.165) is 60.3 Å². The predicted octanol–water partition coefficient (Wildman–Crippen LogP) is 3.10. The van der Waals surface area contributed by atoms with Crippen LogP contribution in [0.1, 0.15) is 30.7 Å². The van der Waals surface area contributed by atoms with Crippen molar-refractivity contribution in [2.75, 3.05) is 39.5 Å². The van der Waals surface area contributed by atoms with E-state index in [-0.39, 0.29) is 23.9 Å². The maximum absolute atomic E-state index is 12.5. The van der Waals surface area contributed by atoms with Crippen molar-refractivity contribution in [2.45, 2.75) is 25.2 Å². The number of fused-ring (bicyclic) bond motifs is 3. The molecular weight excluding hydrogens is 384 g/mol. The van der Waals surface area contributed by atoms with Crippen LogP contribution in [0.2, 0.25) is 0 Å². The van der Waals surface area contributed by atoms with Crippen LogP contribution in [-0.2, 0) is 14.3 Å². The molecule has 0 N–H and O–H groups in total. The molecule has 0 spiro atoms. The number of nitrogens with zero attached hydrogens (tertiary/aromatic N) is 2. The summed E-state index contributed by atoms with van der Waals surface area (Å²) >= 11 is 0. The van der Waals surface area contributed by atoms with Gasteiger partial charge in [-0.05, 0) is 24.6 Å². The monoisotopic (exact) mass is 408 g/mol. The molecule has 1 saturated carbocycles. The normalized spacial score (nSPS) is 20.9. The van der Waals surface area contributed by atoms with Gasteiger partial charge >= 0.3 is 0 Å². The van der Waals surface area contributed by atoms with E-state index in [1.807, 2.05) is 24.3 Å². The molecule has 5 rings (SSSR count). The molecule has 3 aromatic rings. The van der Waals surface area contributed by atoms with Crippen molar-refractivity contribution in [2.24, 2.45) is 0 Å². The number of ketones is 2. The Morgan fingerprint density at radius 2 is 2.00 bits per heavy atom.